The molecular formula is C18H27N3O. The van der Waals surface area contributed by atoms with Crippen LogP contribution in [0.25, 0.3) is 0 Å². The fraction of sp³-hybridized carbons (Fsp3) is 0.611. The Morgan fingerprint density at radius 1 is 1.23 bits per heavy atom. The van der Waals surface area contributed by atoms with Crippen LogP contribution in [-0.4, -0.2) is 50.6 Å². The number of carbonyl (C=O) groups excluding carboxylic acids is 1. The van der Waals surface area contributed by atoms with Gasteiger partial charge in [0.25, 0.3) is 0 Å². The minimum Gasteiger partial charge on any atom is -0.371 e. The van der Waals surface area contributed by atoms with Gasteiger partial charge in [-0.25, -0.2) is 0 Å². The normalized spacial score (nSPS) is 18.6. The molecule has 4 nitrogen and oxygen atoms in total. The monoisotopic (exact) mass is 301 g/mol. The highest BCUT2D eigenvalue weighted by Gasteiger charge is 2.26. The zero-order chi connectivity index (χ0) is 15.4. The summed E-state index contributed by atoms with van der Waals surface area (Å²) in [4.78, 5) is 16.6. The quantitative estimate of drug-likeness (QED) is 0.902. The molecular weight excluding hydrogens is 274 g/mol. The molecule has 0 spiro atoms. The van der Waals surface area contributed by atoms with Gasteiger partial charge < -0.3 is 15.1 Å². The molecule has 1 N–H and O–H groups in total. The molecule has 0 aliphatic carbocycles. The summed E-state index contributed by atoms with van der Waals surface area (Å²) in [5.41, 5.74) is 2.91. The van der Waals surface area contributed by atoms with E-state index in [4.69, 9.17) is 0 Å². The number of benzene rings is 1. The second-order valence-corrected chi connectivity index (χ2v) is 6.50. The van der Waals surface area contributed by atoms with Gasteiger partial charge in [-0.15, -0.1) is 0 Å². The van der Waals surface area contributed by atoms with Crippen molar-refractivity contribution in [1.29, 1.82) is 0 Å². The summed E-state index contributed by atoms with van der Waals surface area (Å²) in [5, 5.41) is 3.05. The van der Waals surface area contributed by atoms with Crippen molar-refractivity contribution in [3.8, 4) is 0 Å². The van der Waals surface area contributed by atoms with Crippen LogP contribution in [0, 0.1) is 5.92 Å². The molecule has 22 heavy (non-hydrogen) atoms. The van der Waals surface area contributed by atoms with Gasteiger partial charge in [0.1, 0.15) is 0 Å². The van der Waals surface area contributed by atoms with Crippen molar-refractivity contribution in [2.45, 2.75) is 25.7 Å². The summed E-state index contributed by atoms with van der Waals surface area (Å²) in [6.07, 6.45) is 4.09. The van der Waals surface area contributed by atoms with Crippen molar-refractivity contribution < 1.29 is 4.79 Å². The molecule has 1 aromatic carbocycles. The average molecular weight is 301 g/mol. The maximum absolute atomic E-state index is 12.0. The number of hydrogen-bond acceptors (Lipinski definition) is 3. The average Bonchev–Trinajstić information content (AvgIpc) is 2.96. The van der Waals surface area contributed by atoms with Crippen LogP contribution in [0.4, 0.5) is 5.69 Å². The van der Waals surface area contributed by atoms with Gasteiger partial charge in [-0.3, -0.25) is 4.79 Å². The second kappa shape index (κ2) is 7.14. The molecule has 0 bridgehead atoms. The zero-order valence-electron chi connectivity index (χ0n) is 13.6. The Morgan fingerprint density at radius 2 is 2.00 bits per heavy atom. The smallest absolute Gasteiger partial charge is 0.223 e. The van der Waals surface area contributed by atoms with Crippen LogP contribution in [0.1, 0.15) is 24.8 Å². The van der Waals surface area contributed by atoms with E-state index in [2.05, 4.69) is 34.5 Å². The van der Waals surface area contributed by atoms with Crippen LogP contribution in [-0.2, 0) is 11.2 Å². The number of para-hydroxylation sites is 1. The largest absolute Gasteiger partial charge is 0.371 e. The van der Waals surface area contributed by atoms with Crippen LogP contribution in [0.5, 0.6) is 0 Å². The van der Waals surface area contributed by atoms with Crippen LogP contribution in [0.2, 0.25) is 0 Å². The van der Waals surface area contributed by atoms with Gasteiger partial charge in [-0.05, 0) is 43.9 Å². The lowest BCUT2D eigenvalue weighted by Gasteiger charge is -2.34. The van der Waals surface area contributed by atoms with E-state index in [1.807, 2.05) is 11.9 Å². The van der Waals surface area contributed by atoms with E-state index in [9.17, 15) is 4.79 Å². The summed E-state index contributed by atoms with van der Waals surface area (Å²) in [7, 11) is 1.90. The van der Waals surface area contributed by atoms with Crippen molar-refractivity contribution in [3.05, 3.63) is 29.8 Å². The lowest BCUT2D eigenvalue weighted by atomic mass is 9.96. The number of nitrogens with zero attached hydrogens (tertiary/aromatic N) is 2. The molecule has 1 fully saturated rings. The molecule has 2 aliphatic heterocycles. The number of amides is 1. The van der Waals surface area contributed by atoms with Crippen LogP contribution in [0.15, 0.2) is 24.3 Å². The molecule has 0 unspecified atom stereocenters. The number of anilines is 1. The number of rotatable bonds is 5. The van der Waals surface area contributed by atoms with E-state index in [1.165, 1.54) is 17.7 Å². The molecule has 0 atom stereocenters. The number of piperidine rings is 1. The third kappa shape index (κ3) is 3.43. The molecule has 4 heteroatoms. The molecule has 120 valence electrons. The first-order valence-corrected chi connectivity index (χ1v) is 8.53. The Hall–Kier alpha value is -1.55. The van der Waals surface area contributed by atoms with E-state index in [1.54, 1.807) is 0 Å². The number of nitrogens with one attached hydrogen (secondary N) is 1. The first kappa shape index (κ1) is 15.3. The summed E-state index contributed by atoms with van der Waals surface area (Å²) in [6, 6.07) is 8.77. The zero-order valence-corrected chi connectivity index (χ0v) is 13.6. The van der Waals surface area contributed by atoms with E-state index < -0.39 is 0 Å². The molecule has 1 aromatic rings. The highest BCUT2D eigenvalue weighted by Crippen LogP contribution is 2.30. The first-order chi connectivity index (χ1) is 10.8. The topological polar surface area (TPSA) is 35.6 Å². The van der Waals surface area contributed by atoms with Crippen LogP contribution >= 0.6 is 0 Å². The van der Waals surface area contributed by atoms with Crippen LogP contribution < -0.4 is 10.2 Å². The lowest BCUT2D eigenvalue weighted by molar-refractivity contribution is -0.132. The van der Waals surface area contributed by atoms with Crippen LogP contribution in [0.3, 0.4) is 0 Å². The Bertz CT molecular complexity index is 509. The van der Waals surface area contributed by atoms with Gasteiger partial charge in [0, 0.05) is 44.8 Å². The van der Waals surface area contributed by atoms with Gasteiger partial charge in [0.2, 0.25) is 5.91 Å². The third-order valence-corrected chi connectivity index (χ3v) is 5.02. The number of fused-ring (bicyclic) bond motifs is 1. The second-order valence-electron chi connectivity index (χ2n) is 6.50. The first-order valence-electron chi connectivity index (χ1n) is 8.53. The molecule has 2 heterocycles. The molecule has 1 saturated heterocycles. The predicted octanol–water partition coefficient (Wildman–Crippen LogP) is 1.90. The summed E-state index contributed by atoms with van der Waals surface area (Å²) >= 11 is 0. The Kier molecular flexibility index (Phi) is 4.98. The Labute approximate surface area is 133 Å². The predicted molar refractivity (Wildman–Crippen MR) is 90.2 cm³/mol. The number of carbonyl (C=O) groups is 1. The standard InChI is InChI=1S/C18H27N3O/c1-19-10-6-18(22)20-11-7-15(8-12-20)14-21-13-9-16-4-2-3-5-17(16)21/h2-5,15,19H,6-14H2,1H3. The van der Waals surface area contributed by atoms with Gasteiger partial charge in [0.05, 0.1) is 0 Å². The van der Waals surface area contributed by atoms with Crippen molar-refractivity contribution in [2.24, 2.45) is 5.92 Å². The van der Waals surface area contributed by atoms with Crippen molar-refractivity contribution in [1.82, 2.24) is 10.2 Å². The van der Waals surface area contributed by atoms with Crippen molar-refractivity contribution >= 4 is 11.6 Å². The maximum Gasteiger partial charge on any atom is 0.223 e. The summed E-state index contributed by atoms with van der Waals surface area (Å²) in [6.45, 7) is 4.95. The summed E-state index contributed by atoms with van der Waals surface area (Å²) < 4.78 is 0. The summed E-state index contributed by atoms with van der Waals surface area (Å²) in [5.74, 6) is 1.03. The Balaban J connectivity index is 1.48. The van der Waals surface area contributed by atoms with Gasteiger partial charge in [0.15, 0.2) is 0 Å². The third-order valence-electron chi connectivity index (χ3n) is 5.02. The fourth-order valence-electron chi connectivity index (χ4n) is 3.66. The molecule has 1 amide bonds. The Morgan fingerprint density at radius 3 is 2.77 bits per heavy atom. The van der Waals surface area contributed by atoms with E-state index >= 15 is 0 Å². The van der Waals surface area contributed by atoms with Gasteiger partial charge in [-0.2, -0.15) is 0 Å². The number of likely N-dealkylation sites (tertiary alicyclic amines) is 1. The minimum atomic E-state index is 0.305. The maximum atomic E-state index is 12.0. The SMILES string of the molecule is CNCCC(=O)N1CCC(CN2CCc3ccccc32)CC1. The number of hydrogen-bond donors (Lipinski definition) is 1. The highest BCUT2D eigenvalue weighted by molar-refractivity contribution is 5.76. The van der Waals surface area contributed by atoms with E-state index in [0.29, 0.717) is 12.3 Å². The molecule has 3 rings (SSSR count). The van der Waals surface area contributed by atoms with Crippen molar-refractivity contribution in [3.63, 3.8) is 0 Å². The van der Waals surface area contributed by atoms with Gasteiger partial charge >= 0.3 is 0 Å². The molecule has 0 radical (unpaired) electrons. The van der Waals surface area contributed by atoms with E-state index in [0.717, 1.165) is 51.5 Å². The molecule has 0 saturated carbocycles. The van der Waals surface area contributed by atoms with E-state index in [-0.39, 0.29) is 0 Å². The fourth-order valence-corrected chi connectivity index (χ4v) is 3.66. The van der Waals surface area contributed by atoms with Crippen molar-refractivity contribution in [2.75, 3.05) is 44.7 Å². The van der Waals surface area contributed by atoms with Gasteiger partial charge in [-0.1, -0.05) is 18.2 Å². The molecule has 2 aliphatic rings. The highest BCUT2D eigenvalue weighted by atomic mass is 16.2. The molecule has 0 aromatic heterocycles. The minimum absolute atomic E-state index is 0.305. The lowest BCUT2D eigenvalue weighted by Crippen LogP contribution is -2.42.